The number of anilines is 2. The zero-order valence-electron chi connectivity index (χ0n) is 13.7. The molecular weight excluding hydrogens is 320 g/mol. The standard InChI is InChI=1S/C18H16N4O3/c1-11(23)19-15-7-3-5-13(9-15)17-21-22-18(25-17)14-6-4-8-16(10-14)20-12(2)24/h3-10H,1-2H3,(H,19,23)(H,20,24). The van der Waals surface area contributed by atoms with E-state index in [1.807, 2.05) is 12.1 Å². The number of benzene rings is 2. The topological polar surface area (TPSA) is 97.1 Å². The summed E-state index contributed by atoms with van der Waals surface area (Å²) in [6, 6.07) is 14.3. The van der Waals surface area contributed by atoms with Gasteiger partial charge in [0, 0.05) is 36.3 Å². The van der Waals surface area contributed by atoms with Crippen LogP contribution in [0, 0.1) is 0 Å². The highest BCUT2D eigenvalue weighted by Gasteiger charge is 2.12. The van der Waals surface area contributed by atoms with Crippen LogP contribution in [0.25, 0.3) is 22.9 Å². The molecule has 0 unspecified atom stereocenters. The molecule has 7 nitrogen and oxygen atoms in total. The highest BCUT2D eigenvalue weighted by molar-refractivity contribution is 5.90. The van der Waals surface area contributed by atoms with Gasteiger partial charge < -0.3 is 15.1 Å². The molecule has 0 aliphatic carbocycles. The van der Waals surface area contributed by atoms with Crippen LogP contribution in [-0.2, 0) is 9.59 Å². The molecule has 2 aromatic carbocycles. The first kappa shape index (κ1) is 16.4. The first-order valence-electron chi connectivity index (χ1n) is 7.61. The number of nitrogens with zero attached hydrogens (tertiary/aromatic N) is 2. The third kappa shape index (κ3) is 4.08. The van der Waals surface area contributed by atoms with E-state index in [0.717, 1.165) is 0 Å². The number of carbonyl (C=O) groups is 2. The van der Waals surface area contributed by atoms with Crippen molar-refractivity contribution in [2.24, 2.45) is 0 Å². The minimum Gasteiger partial charge on any atom is -0.416 e. The van der Waals surface area contributed by atoms with Gasteiger partial charge in [0.15, 0.2) is 0 Å². The number of rotatable bonds is 4. The lowest BCUT2D eigenvalue weighted by molar-refractivity contribution is -0.115. The van der Waals surface area contributed by atoms with Crippen molar-refractivity contribution in [1.29, 1.82) is 0 Å². The Balaban J connectivity index is 1.88. The normalized spacial score (nSPS) is 10.3. The maximum atomic E-state index is 11.2. The van der Waals surface area contributed by atoms with Gasteiger partial charge in [-0.1, -0.05) is 12.1 Å². The summed E-state index contributed by atoms with van der Waals surface area (Å²) in [4.78, 5) is 22.3. The summed E-state index contributed by atoms with van der Waals surface area (Å²) < 4.78 is 5.73. The maximum Gasteiger partial charge on any atom is 0.248 e. The average Bonchev–Trinajstić information content (AvgIpc) is 3.04. The van der Waals surface area contributed by atoms with E-state index in [1.54, 1.807) is 36.4 Å². The van der Waals surface area contributed by atoms with Gasteiger partial charge >= 0.3 is 0 Å². The van der Waals surface area contributed by atoms with Crippen LogP contribution in [-0.4, -0.2) is 22.0 Å². The average molecular weight is 336 g/mol. The maximum absolute atomic E-state index is 11.2. The van der Waals surface area contributed by atoms with Crippen LogP contribution in [0.5, 0.6) is 0 Å². The fourth-order valence-corrected chi connectivity index (χ4v) is 2.32. The monoisotopic (exact) mass is 336 g/mol. The number of hydrogen-bond donors (Lipinski definition) is 2. The molecule has 2 amide bonds. The zero-order valence-corrected chi connectivity index (χ0v) is 13.7. The second-order valence-corrected chi connectivity index (χ2v) is 5.44. The molecular formula is C18H16N4O3. The van der Waals surface area contributed by atoms with Gasteiger partial charge in [-0.15, -0.1) is 10.2 Å². The molecule has 0 fully saturated rings. The third-order valence-electron chi connectivity index (χ3n) is 3.28. The Morgan fingerprint density at radius 1 is 0.800 bits per heavy atom. The molecule has 0 bridgehead atoms. The molecule has 25 heavy (non-hydrogen) atoms. The molecule has 0 spiro atoms. The molecule has 3 aromatic rings. The fraction of sp³-hybridized carbons (Fsp3) is 0.111. The van der Waals surface area contributed by atoms with E-state index in [9.17, 15) is 9.59 Å². The van der Waals surface area contributed by atoms with Gasteiger partial charge in [0.1, 0.15) is 0 Å². The number of nitrogens with one attached hydrogen (secondary N) is 2. The Bertz CT molecular complexity index is 859. The van der Waals surface area contributed by atoms with Crippen LogP contribution < -0.4 is 10.6 Å². The number of carbonyl (C=O) groups excluding carboxylic acids is 2. The van der Waals surface area contributed by atoms with E-state index in [0.29, 0.717) is 34.3 Å². The summed E-state index contributed by atoms with van der Waals surface area (Å²) in [5.74, 6) is 0.371. The number of amides is 2. The van der Waals surface area contributed by atoms with Crippen molar-refractivity contribution in [3.05, 3.63) is 48.5 Å². The van der Waals surface area contributed by atoms with Crippen molar-refractivity contribution in [2.75, 3.05) is 10.6 Å². The van der Waals surface area contributed by atoms with Gasteiger partial charge in [-0.2, -0.15) is 0 Å². The van der Waals surface area contributed by atoms with Crippen molar-refractivity contribution in [2.45, 2.75) is 13.8 Å². The van der Waals surface area contributed by atoms with Crippen LogP contribution in [0.4, 0.5) is 11.4 Å². The van der Waals surface area contributed by atoms with Crippen LogP contribution >= 0.6 is 0 Å². The van der Waals surface area contributed by atoms with E-state index in [-0.39, 0.29) is 11.8 Å². The number of aromatic nitrogens is 2. The number of hydrogen-bond acceptors (Lipinski definition) is 5. The molecule has 1 aromatic heterocycles. The van der Waals surface area contributed by atoms with Crippen LogP contribution in [0.1, 0.15) is 13.8 Å². The van der Waals surface area contributed by atoms with Gasteiger partial charge in [0.05, 0.1) is 0 Å². The predicted molar refractivity (Wildman–Crippen MR) is 93.8 cm³/mol. The summed E-state index contributed by atoms with van der Waals surface area (Å²) in [7, 11) is 0. The SMILES string of the molecule is CC(=O)Nc1cccc(-c2nnc(-c3cccc(NC(C)=O)c3)o2)c1. The van der Waals surface area contributed by atoms with Crippen molar-refractivity contribution < 1.29 is 14.0 Å². The van der Waals surface area contributed by atoms with Crippen molar-refractivity contribution in [1.82, 2.24) is 10.2 Å². The van der Waals surface area contributed by atoms with Gasteiger partial charge in [-0.05, 0) is 36.4 Å². The third-order valence-corrected chi connectivity index (χ3v) is 3.28. The Morgan fingerprint density at radius 2 is 1.24 bits per heavy atom. The predicted octanol–water partition coefficient (Wildman–Crippen LogP) is 3.32. The van der Waals surface area contributed by atoms with E-state index < -0.39 is 0 Å². The van der Waals surface area contributed by atoms with E-state index in [4.69, 9.17) is 4.42 Å². The molecule has 0 saturated carbocycles. The van der Waals surface area contributed by atoms with Crippen LogP contribution in [0.2, 0.25) is 0 Å². The summed E-state index contributed by atoms with van der Waals surface area (Å²) in [5, 5.41) is 13.5. The summed E-state index contributed by atoms with van der Waals surface area (Å²) >= 11 is 0. The van der Waals surface area contributed by atoms with Crippen LogP contribution in [0.3, 0.4) is 0 Å². The first-order chi connectivity index (χ1) is 12.0. The summed E-state index contributed by atoms with van der Waals surface area (Å²) in [6.45, 7) is 2.89. The molecule has 3 rings (SSSR count). The zero-order chi connectivity index (χ0) is 17.8. The van der Waals surface area contributed by atoms with Gasteiger partial charge in [0.2, 0.25) is 23.6 Å². The fourth-order valence-electron chi connectivity index (χ4n) is 2.32. The highest BCUT2D eigenvalue weighted by Crippen LogP contribution is 2.27. The Labute approximate surface area is 144 Å². The lowest BCUT2D eigenvalue weighted by Gasteiger charge is -2.03. The second kappa shape index (κ2) is 6.96. The smallest absolute Gasteiger partial charge is 0.248 e. The van der Waals surface area contributed by atoms with E-state index >= 15 is 0 Å². The van der Waals surface area contributed by atoms with Gasteiger partial charge in [0.25, 0.3) is 0 Å². The van der Waals surface area contributed by atoms with Crippen molar-refractivity contribution in [3.8, 4) is 22.9 Å². The second-order valence-electron chi connectivity index (χ2n) is 5.44. The minimum atomic E-state index is -0.154. The Morgan fingerprint density at radius 3 is 1.64 bits per heavy atom. The molecule has 0 radical (unpaired) electrons. The minimum absolute atomic E-state index is 0.154. The van der Waals surface area contributed by atoms with E-state index in [1.165, 1.54) is 13.8 Å². The molecule has 126 valence electrons. The van der Waals surface area contributed by atoms with Gasteiger partial charge in [-0.25, -0.2) is 0 Å². The Kier molecular flexibility index (Phi) is 4.56. The van der Waals surface area contributed by atoms with Crippen molar-refractivity contribution in [3.63, 3.8) is 0 Å². The Hall–Kier alpha value is -3.48. The quantitative estimate of drug-likeness (QED) is 0.762. The molecule has 7 heteroatoms. The summed E-state index contributed by atoms with van der Waals surface area (Å²) in [5.41, 5.74) is 2.70. The highest BCUT2D eigenvalue weighted by atomic mass is 16.4. The first-order valence-corrected chi connectivity index (χ1v) is 7.61. The molecule has 2 N–H and O–H groups in total. The van der Waals surface area contributed by atoms with Gasteiger partial charge in [-0.3, -0.25) is 9.59 Å². The lowest BCUT2D eigenvalue weighted by atomic mass is 10.2. The lowest BCUT2D eigenvalue weighted by Crippen LogP contribution is -2.05. The molecule has 0 atom stereocenters. The van der Waals surface area contributed by atoms with Crippen LogP contribution in [0.15, 0.2) is 52.9 Å². The molecule has 0 aliphatic heterocycles. The molecule has 0 saturated heterocycles. The molecule has 0 aliphatic rings. The van der Waals surface area contributed by atoms with E-state index in [2.05, 4.69) is 20.8 Å². The summed E-state index contributed by atoms with van der Waals surface area (Å²) in [6.07, 6.45) is 0. The van der Waals surface area contributed by atoms with Crippen molar-refractivity contribution >= 4 is 23.2 Å². The largest absolute Gasteiger partial charge is 0.416 e. The molecule has 1 heterocycles.